The van der Waals surface area contributed by atoms with Gasteiger partial charge in [0.1, 0.15) is 0 Å². The zero-order valence-corrected chi connectivity index (χ0v) is 13.8. The molecule has 2 heterocycles. The Morgan fingerprint density at radius 2 is 2.00 bits per heavy atom. The minimum atomic E-state index is -0.616. The van der Waals surface area contributed by atoms with Crippen LogP contribution < -0.4 is 11.1 Å². The average Bonchev–Trinajstić information content (AvgIpc) is 3.09. The second-order valence-electron chi connectivity index (χ2n) is 5.37. The molecule has 0 saturated heterocycles. The molecule has 1 aromatic carbocycles. The number of nitrogens with zero attached hydrogens (tertiary/aromatic N) is 3. The van der Waals surface area contributed by atoms with Crippen LogP contribution in [0.5, 0.6) is 0 Å². The number of aromatic nitrogens is 4. The number of nitrogens with one attached hydrogen (secondary N) is 1. The molecule has 0 aliphatic rings. The largest absolute Gasteiger partial charge is 0.396 e. The lowest BCUT2D eigenvalue weighted by Crippen LogP contribution is -2.36. The van der Waals surface area contributed by atoms with Gasteiger partial charge in [0, 0.05) is 31.2 Å². The van der Waals surface area contributed by atoms with Gasteiger partial charge < -0.3 is 19.2 Å². The summed E-state index contributed by atoms with van der Waals surface area (Å²) in [6.45, 7) is 0.586. The molecule has 0 spiro atoms. The third-order valence-electron chi connectivity index (χ3n) is 3.80. The van der Waals surface area contributed by atoms with Gasteiger partial charge in [-0.05, 0) is 37.5 Å². The van der Waals surface area contributed by atoms with Crippen molar-refractivity contribution < 1.29 is 5.11 Å². The highest BCUT2D eigenvalue weighted by Gasteiger charge is 2.09. The minimum absolute atomic E-state index is 0. The van der Waals surface area contributed by atoms with Crippen molar-refractivity contribution in [2.45, 2.75) is 25.8 Å². The zero-order chi connectivity index (χ0) is 16.2. The summed E-state index contributed by atoms with van der Waals surface area (Å²) in [6.07, 6.45) is 7.40. The van der Waals surface area contributed by atoms with Gasteiger partial charge in [-0.2, -0.15) is 0 Å². The van der Waals surface area contributed by atoms with E-state index in [-0.39, 0.29) is 19.0 Å². The van der Waals surface area contributed by atoms with Crippen LogP contribution in [0, 0.1) is 0 Å². The normalized spacial score (nSPS) is 10.7. The number of fused-ring (bicyclic) bond motifs is 1. The number of H-pyrrole nitrogens is 1. The molecular formula is C16H19ClN4O3. The van der Waals surface area contributed by atoms with Crippen molar-refractivity contribution in [1.82, 2.24) is 19.1 Å². The Hall–Kier alpha value is -2.38. The Kier molecular flexibility index (Phi) is 5.94. The van der Waals surface area contributed by atoms with E-state index in [1.807, 2.05) is 22.9 Å². The van der Waals surface area contributed by atoms with E-state index >= 15 is 0 Å². The minimum Gasteiger partial charge on any atom is -0.396 e. The second-order valence-corrected chi connectivity index (χ2v) is 5.37. The number of hydrogen-bond acceptors (Lipinski definition) is 4. The lowest BCUT2D eigenvalue weighted by molar-refractivity contribution is 0.282. The lowest BCUT2D eigenvalue weighted by Gasteiger charge is -2.11. The third-order valence-corrected chi connectivity index (χ3v) is 3.80. The van der Waals surface area contributed by atoms with E-state index in [0.717, 1.165) is 18.5 Å². The number of hydrogen-bond donors (Lipinski definition) is 2. The number of halogens is 1. The van der Waals surface area contributed by atoms with Crippen LogP contribution >= 0.6 is 12.4 Å². The van der Waals surface area contributed by atoms with Gasteiger partial charge >= 0.3 is 11.1 Å². The molecule has 2 N–H and O–H groups in total. The summed E-state index contributed by atoms with van der Waals surface area (Å²) >= 11 is 0. The van der Waals surface area contributed by atoms with Crippen molar-refractivity contribution in [3.63, 3.8) is 0 Å². The first-order chi connectivity index (χ1) is 11.2. The highest BCUT2D eigenvalue weighted by atomic mass is 35.5. The van der Waals surface area contributed by atoms with E-state index < -0.39 is 11.1 Å². The maximum atomic E-state index is 12.2. The first-order valence-corrected chi connectivity index (χ1v) is 7.57. The molecule has 3 rings (SSSR count). The molecule has 0 aliphatic carbocycles. The van der Waals surface area contributed by atoms with Crippen LogP contribution in [-0.4, -0.2) is 30.8 Å². The van der Waals surface area contributed by atoms with Crippen molar-refractivity contribution in [2.75, 3.05) is 6.61 Å². The number of rotatable bonds is 6. The van der Waals surface area contributed by atoms with Crippen LogP contribution in [0.2, 0.25) is 0 Å². The van der Waals surface area contributed by atoms with E-state index in [1.165, 1.54) is 4.57 Å². The van der Waals surface area contributed by atoms with E-state index in [9.17, 15) is 9.59 Å². The Bertz CT molecular complexity index is 915. The molecule has 8 heteroatoms. The molecule has 2 aromatic heterocycles. The standard InChI is InChI=1S/C16H18N4O3.ClH/c21-9-3-1-2-7-20-14-10-12(19-8-6-17-11-19)4-5-13(14)18-15(22)16(20)23;/h4-6,8,10-11,21H,1-3,7,9H2,(H,18,22);1H. The molecule has 0 amide bonds. The number of benzene rings is 1. The molecule has 24 heavy (non-hydrogen) atoms. The summed E-state index contributed by atoms with van der Waals surface area (Å²) in [7, 11) is 0. The number of aliphatic hydroxyl groups is 1. The fraction of sp³-hybridized carbons (Fsp3) is 0.312. The SMILES string of the molecule is Cl.O=c1[nH]c2ccc(-n3ccnc3)cc2n(CCCCCO)c1=O. The van der Waals surface area contributed by atoms with E-state index in [4.69, 9.17) is 5.11 Å². The van der Waals surface area contributed by atoms with Crippen molar-refractivity contribution >= 4 is 23.4 Å². The molecule has 0 saturated carbocycles. The highest BCUT2D eigenvalue weighted by Crippen LogP contribution is 2.15. The maximum absolute atomic E-state index is 12.2. The van der Waals surface area contributed by atoms with Crippen LogP contribution in [-0.2, 0) is 6.54 Å². The maximum Gasteiger partial charge on any atom is 0.316 e. The van der Waals surface area contributed by atoms with Gasteiger partial charge in [0.2, 0.25) is 0 Å². The quantitative estimate of drug-likeness (QED) is 0.520. The number of unbranched alkanes of at least 4 members (excludes halogenated alkanes) is 2. The summed E-state index contributed by atoms with van der Waals surface area (Å²) in [4.78, 5) is 30.6. The van der Waals surface area contributed by atoms with Crippen molar-refractivity contribution in [3.05, 3.63) is 57.6 Å². The molecule has 0 aliphatic heterocycles. The topological polar surface area (TPSA) is 92.9 Å². The molecule has 0 unspecified atom stereocenters. The van der Waals surface area contributed by atoms with Gasteiger partial charge in [-0.3, -0.25) is 9.59 Å². The Balaban J connectivity index is 0.00000208. The average molecular weight is 351 g/mol. The lowest BCUT2D eigenvalue weighted by atomic mass is 10.2. The third kappa shape index (κ3) is 3.58. The van der Waals surface area contributed by atoms with Gasteiger partial charge in [-0.1, -0.05) is 0 Å². The van der Waals surface area contributed by atoms with Crippen molar-refractivity contribution in [1.29, 1.82) is 0 Å². The van der Waals surface area contributed by atoms with Crippen molar-refractivity contribution in [3.8, 4) is 5.69 Å². The smallest absolute Gasteiger partial charge is 0.316 e. The second kappa shape index (κ2) is 7.94. The van der Waals surface area contributed by atoms with Crippen LogP contribution in [0.15, 0.2) is 46.5 Å². The van der Waals surface area contributed by atoms with Crippen LogP contribution in [0.1, 0.15) is 19.3 Å². The Morgan fingerprint density at radius 3 is 2.71 bits per heavy atom. The molecular weight excluding hydrogens is 332 g/mol. The number of aromatic amines is 1. The number of aliphatic hydroxyl groups excluding tert-OH is 1. The summed E-state index contributed by atoms with van der Waals surface area (Å²) in [5, 5.41) is 8.84. The number of imidazole rings is 1. The zero-order valence-electron chi connectivity index (χ0n) is 13.0. The van der Waals surface area contributed by atoms with Gasteiger partial charge in [-0.15, -0.1) is 12.4 Å². The van der Waals surface area contributed by atoms with E-state index in [1.54, 1.807) is 18.6 Å². The summed E-state index contributed by atoms with van der Waals surface area (Å²) in [5.41, 5.74) is 1.01. The molecule has 128 valence electrons. The monoisotopic (exact) mass is 350 g/mol. The van der Waals surface area contributed by atoms with Crippen LogP contribution in [0.25, 0.3) is 16.7 Å². The number of aryl methyl sites for hydroxylation is 1. The highest BCUT2D eigenvalue weighted by molar-refractivity contribution is 5.85. The molecule has 0 atom stereocenters. The molecule has 0 fully saturated rings. The summed E-state index contributed by atoms with van der Waals surface area (Å²) in [5.74, 6) is 0. The fourth-order valence-electron chi connectivity index (χ4n) is 2.61. The van der Waals surface area contributed by atoms with Crippen LogP contribution in [0.4, 0.5) is 0 Å². The molecule has 0 bridgehead atoms. The molecule has 0 radical (unpaired) electrons. The molecule has 3 aromatic rings. The first-order valence-electron chi connectivity index (χ1n) is 7.57. The predicted octanol–water partition coefficient (Wildman–Crippen LogP) is 1.46. The predicted molar refractivity (Wildman–Crippen MR) is 94.1 cm³/mol. The summed E-state index contributed by atoms with van der Waals surface area (Å²) < 4.78 is 3.34. The Morgan fingerprint density at radius 1 is 1.17 bits per heavy atom. The van der Waals surface area contributed by atoms with E-state index in [0.29, 0.717) is 24.0 Å². The van der Waals surface area contributed by atoms with Gasteiger partial charge in [-0.25, -0.2) is 4.98 Å². The van der Waals surface area contributed by atoms with E-state index in [2.05, 4.69) is 9.97 Å². The van der Waals surface area contributed by atoms with Crippen LogP contribution in [0.3, 0.4) is 0 Å². The van der Waals surface area contributed by atoms with Gasteiger partial charge in [0.25, 0.3) is 0 Å². The van der Waals surface area contributed by atoms with Gasteiger partial charge in [0.05, 0.1) is 17.4 Å². The summed E-state index contributed by atoms with van der Waals surface area (Å²) in [6, 6.07) is 5.51. The van der Waals surface area contributed by atoms with Crippen molar-refractivity contribution in [2.24, 2.45) is 0 Å². The first kappa shape index (κ1) is 18.0. The molecule has 7 nitrogen and oxygen atoms in total. The Labute approximate surface area is 144 Å². The van der Waals surface area contributed by atoms with Gasteiger partial charge in [0.15, 0.2) is 0 Å². The fourth-order valence-corrected chi connectivity index (χ4v) is 2.61.